The number of phenolic OH excluding ortho intramolecular Hbond substituents is 1. The third-order valence-electron chi connectivity index (χ3n) is 2.22. The number of phenols is 1. The fourth-order valence-electron chi connectivity index (χ4n) is 1.50. The standard InChI is InChI=1S/C12H11NO4/c1-7-11(9-3-5-10(15)6-4-9)12(17-13-7)16-8(2)14/h3-6,15H,1-2H3. The largest absolute Gasteiger partial charge is 0.508 e. The number of hydrogen-bond donors (Lipinski definition) is 1. The zero-order valence-electron chi connectivity index (χ0n) is 9.43. The lowest BCUT2D eigenvalue weighted by atomic mass is 10.1. The molecule has 0 radical (unpaired) electrons. The third kappa shape index (κ3) is 2.28. The van der Waals surface area contributed by atoms with Crippen molar-refractivity contribution < 1.29 is 19.2 Å². The van der Waals surface area contributed by atoms with Crippen LogP contribution in [0.4, 0.5) is 0 Å². The molecule has 0 aliphatic rings. The molecule has 88 valence electrons. The summed E-state index contributed by atoms with van der Waals surface area (Å²) in [5.41, 5.74) is 1.99. The van der Waals surface area contributed by atoms with Crippen molar-refractivity contribution in [2.75, 3.05) is 0 Å². The number of aromatic nitrogens is 1. The number of aromatic hydroxyl groups is 1. The monoisotopic (exact) mass is 233 g/mol. The summed E-state index contributed by atoms with van der Waals surface area (Å²) in [7, 11) is 0. The maximum atomic E-state index is 10.9. The van der Waals surface area contributed by atoms with Gasteiger partial charge in [-0.3, -0.25) is 4.79 Å². The van der Waals surface area contributed by atoms with Crippen LogP contribution >= 0.6 is 0 Å². The summed E-state index contributed by atoms with van der Waals surface area (Å²) in [6, 6.07) is 6.47. The second kappa shape index (κ2) is 4.29. The highest BCUT2D eigenvalue weighted by atomic mass is 16.6. The predicted molar refractivity (Wildman–Crippen MR) is 59.6 cm³/mol. The molecule has 0 amide bonds. The van der Waals surface area contributed by atoms with Crippen molar-refractivity contribution in [1.82, 2.24) is 5.16 Å². The third-order valence-corrected chi connectivity index (χ3v) is 2.22. The minimum absolute atomic E-state index is 0.0701. The summed E-state index contributed by atoms with van der Waals surface area (Å²) in [5.74, 6) is -0.237. The molecule has 0 atom stereocenters. The molecule has 17 heavy (non-hydrogen) atoms. The summed E-state index contributed by atoms with van der Waals surface area (Å²) in [6.07, 6.45) is 0. The van der Waals surface area contributed by atoms with Crippen molar-refractivity contribution in [3.63, 3.8) is 0 Å². The minimum Gasteiger partial charge on any atom is -0.508 e. The van der Waals surface area contributed by atoms with Crippen LogP contribution in [0, 0.1) is 6.92 Å². The first-order valence-corrected chi connectivity index (χ1v) is 5.02. The normalized spacial score (nSPS) is 10.2. The summed E-state index contributed by atoms with van der Waals surface area (Å²) in [5, 5.41) is 13.0. The fourth-order valence-corrected chi connectivity index (χ4v) is 1.50. The number of carbonyl (C=O) groups is 1. The molecular formula is C12H11NO4. The SMILES string of the molecule is CC(=O)Oc1onc(C)c1-c1ccc(O)cc1. The lowest BCUT2D eigenvalue weighted by molar-refractivity contribution is -0.133. The van der Waals surface area contributed by atoms with Gasteiger partial charge in [0.15, 0.2) is 0 Å². The quantitative estimate of drug-likeness (QED) is 0.805. The molecule has 1 heterocycles. The van der Waals surface area contributed by atoms with Crippen molar-refractivity contribution in [1.29, 1.82) is 0 Å². The molecule has 1 N–H and O–H groups in total. The van der Waals surface area contributed by atoms with Gasteiger partial charge in [-0.1, -0.05) is 17.3 Å². The van der Waals surface area contributed by atoms with Crippen LogP contribution < -0.4 is 4.74 Å². The van der Waals surface area contributed by atoms with Gasteiger partial charge < -0.3 is 14.4 Å². The van der Waals surface area contributed by atoms with Gasteiger partial charge >= 0.3 is 11.9 Å². The molecule has 0 unspecified atom stereocenters. The lowest BCUT2D eigenvalue weighted by Crippen LogP contribution is -2.01. The zero-order chi connectivity index (χ0) is 12.4. The average molecular weight is 233 g/mol. The van der Waals surface area contributed by atoms with Gasteiger partial charge in [0.05, 0.1) is 11.3 Å². The van der Waals surface area contributed by atoms with Crippen molar-refractivity contribution in [3.8, 4) is 22.8 Å². The Morgan fingerprint density at radius 3 is 2.59 bits per heavy atom. The molecule has 5 nitrogen and oxygen atoms in total. The van der Waals surface area contributed by atoms with E-state index in [1.54, 1.807) is 31.2 Å². The molecule has 2 rings (SSSR count). The van der Waals surface area contributed by atoms with Gasteiger partial charge in [-0.05, 0) is 24.6 Å². The van der Waals surface area contributed by atoms with Gasteiger partial charge in [0, 0.05) is 6.92 Å². The second-order valence-electron chi connectivity index (χ2n) is 3.57. The van der Waals surface area contributed by atoms with Crippen LogP contribution in [0.2, 0.25) is 0 Å². The molecule has 0 saturated carbocycles. The Morgan fingerprint density at radius 2 is 2.00 bits per heavy atom. The fraction of sp³-hybridized carbons (Fsp3) is 0.167. The molecule has 5 heteroatoms. The highest BCUT2D eigenvalue weighted by Crippen LogP contribution is 2.33. The Kier molecular flexibility index (Phi) is 2.82. The molecule has 0 spiro atoms. The first-order chi connectivity index (χ1) is 8.08. The number of hydrogen-bond acceptors (Lipinski definition) is 5. The number of aryl methyl sites for hydroxylation is 1. The Hall–Kier alpha value is -2.30. The summed E-state index contributed by atoms with van der Waals surface area (Å²) in [4.78, 5) is 10.9. The van der Waals surface area contributed by atoms with E-state index in [1.165, 1.54) is 6.92 Å². The van der Waals surface area contributed by atoms with Gasteiger partial charge in [-0.2, -0.15) is 0 Å². The minimum atomic E-state index is -0.471. The average Bonchev–Trinajstić information content (AvgIpc) is 2.61. The van der Waals surface area contributed by atoms with E-state index < -0.39 is 5.97 Å². The van der Waals surface area contributed by atoms with E-state index in [9.17, 15) is 9.90 Å². The Morgan fingerprint density at radius 1 is 1.35 bits per heavy atom. The maximum absolute atomic E-state index is 10.9. The van der Waals surface area contributed by atoms with Gasteiger partial charge in [-0.15, -0.1) is 0 Å². The van der Waals surface area contributed by atoms with Crippen LogP contribution in [-0.2, 0) is 4.79 Å². The summed E-state index contributed by atoms with van der Waals surface area (Å²) in [6.45, 7) is 3.04. The number of esters is 1. The summed E-state index contributed by atoms with van der Waals surface area (Å²) < 4.78 is 9.86. The molecule has 0 bridgehead atoms. The van der Waals surface area contributed by atoms with Crippen LogP contribution in [-0.4, -0.2) is 16.2 Å². The van der Waals surface area contributed by atoms with E-state index >= 15 is 0 Å². The van der Waals surface area contributed by atoms with Crippen LogP contribution in [0.15, 0.2) is 28.8 Å². The molecule has 2 aromatic rings. The molecule has 0 saturated heterocycles. The van der Waals surface area contributed by atoms with Gasteiger partial charge in [0.25, 0.3) is 0 Å². The van der Waals surface area contributed by atoms with Gasteiger partial charge in [0.1, 0.15) is 5.75 Å². The van der Waals surface area contributed by atoms with E-state index in [0.717, 1.165) is 5.56 Å². The first kappa shape index (κ1) is 11.2. The van der Waals surface area contributed by atoms with Crippen LogP contribution in [0.3, 0.4) is 0 Å². The summed E-state index contributed by atoms with van der Waals surface area (Å²) >= 11 is 0. The molecule has 0 fully saturated rings. The Labute approximate surface area is 97.6 Å². The first-order valence-electron chi connectivity index (χ1n) is 5.02. The zero-order valence-corrected chi connectivity index (χ0v) is 9.43. The van der Waals surface area contributed by atoms with Crippen molar-refractivity contribution in [3.05, 3.63) is 30.0 Å². The van der Waals surface area contributed by atoms with E-state index in [2.05, 4.69) is 5.16 Å². The van der Waals surface area contributed by atoms with E-state index in [1.807, 2.05) is 0 Å². The lowest BCUT2D eigenvalue weighted by Gasteiger charge is -2.02. The van der Waals surface area contributed by atoms with Crippen molar-refractivity contribution >= 4 is 5.97 Å². The van der Waals surface area contributed by atoms with Gasteiger partial charge in [0.2, 0.25) is 0 Å². The van der Waals surface area contributed by atoms with E-state index in [4.69, 9.17) is 9.26 Å². The Bertz CT molecular complexity index is 542. The Balaban J connectivity index is 2.46. The number of nitrogens with zero attached hydrogens (tertiary/aromatic N) is 1. The van der Waals surface area contributed by atoms with E-state index in [0.29, 0.717) is 11.3 Å². The van der Waals surface area contributed by atoms with Crippen LogP contribution in [0.1, 0.15) is 12.6 Å². The molecule has 0 aliphatic carbocycles. The molecular weight excluding hydrogens is 222 g/mol. The second-order valence-corrected chi connectivity index (χ2v) is 3.57. The molecule has 1 aromatic heterocycles. The smallest absolute Gasteiger partial charge is 0.327 e. The van der Waals surface area contributed by atoms with Crippen LogP contribution in [0.5, 0.6) is 11.7 Å². The van der Waals surface area contributed by atoms with Crippen LogP contribution in [0.25, 0.3) is 11.1 Å². The predicted octanol–water partition coefficient (Wildman–Crippen LogP) is 2.28. The maximum Gasteiger partial charge on any atom is 0.327 e. The highest BCUT2D eigenvalue weighted by molar-refractivity contribution is 5.75. The molecule has 0 aliphatic heterocycles. The van der Waals surface area contributed by atoms with Crippen molar-refractivity contribution in [2.24, 2.45) is 0 Å². The topological polar surface area (TPSA) is 72.6 Å². The van der Waals surface area contributed by atoms with E-state index in [-0.39, 0.29) is 11.7 Å². The number of carbonyl (C=O) groups excluding carboxylic acids is 1. The molecule has 1 aromatic carbocycles. The highest BCUT2D eigenvalue weighted by Gasteiger charge is 2.17. The van der Waals surface area contributed by atoms with Gasteiger partial charge in [-0.25, -0.2) is 0 Å². The van der Waals surface area contributed by atoms with Crippen molar-refractivity contribution in [2.45, 2.75) is 13.8 Å². The number of rotatable bonds is 2. The number of benzene rings is 1. The number of ether oxygens (including phenoxy) is 1.